The average molecular weight is 402 g/mol. The molecule has 0 fully saturated rings. The molecular weight excluding hydrogens is 385 g/mol. The molecule has 1 amide bonds. The Morgan fingerprint density at radius 2 is 1.85 bits per heavy atom. The summed E-state index contributed by atoms with van der Waals surface area (Å²) >= 11 is 14.3. The Kier molecular flexibility index (Phi) is 4.78. The number of nitrogens with zero attached hydrogens (tertiary/aromatic N) is 1. The molecular formula is C21H17Cl2NOS. The first kappa shape index (κ1) is 17.6. The average Bonchev–Trinajstić information content (AvgIpc) is 3.10. The van der Waals surface area contributed by atoms with E-state index in [1.165, 1.54) is 4.88 Å². The number of carbonyl (C=O) groups excluding carboxylic acids is 1. The van der Waals surface area contributed by atoms with Gasteiger partial charge in [-0.15, -0.1) is 11.3 Å². The van der Waals surface area contributed by atoms with Crippen molar-refractivity contribution in [1.29, 1.82) is 0 Å². The van der Waals surface area contributed by atoms with E-state index in [9.17, 15) is 4.79 Å². The third kappa shape index (κ3) is 3.16. The number of carbonyl (C=O) groups is 1. The fourth-order valence-corrected chi connectivity index (χ4v) is 4.87. The normalized spacial score (nSPS) is 16.4. The van der Waals surface area contributed by atoms with Gasteiger partial charge in [0.1, 0.15) is 0 Å². The molecule has 26 heavy (non-hydrogen) atoms. The van der Waals surface area contributed by atoms with Crippen LogP contribution in [0, 0.1) is 6.92 Å². The standard InChI is InChI=1S/C21H17Cl2NOS/c1-13-2-4-14(5-3-13)21(25)24-10-8-19-17(9-11-26-19)20(24)16-7-6-15(22)12-18(16)23/h2-7,9,11-12,20H,8,10H2,1H3. The van der Waals surface area contributed by atoms with E-state index in [2.05, 4.69) is 11.4 Å². The first-order chi connectivity index (χ1) is 12.5. The zero-order chi connectivity index (χ0) is 18.3. The van der Waals surface area contributed by atoms with Crippen molar-refractivity contribution in [3.63, 3.8) is 0 Å². The van der Waals surface area contributed by atoms with Crippen LogP contribution in [0.3, 0.4) is 0 Å². The molecule has 0 saturated heterocycles. The Morgan fingerprint density at radius 1 is 1.08 bits per heavy atom. The first-order valence-electron chi connectivity index (χ1n) is 8.43. The van der Waals surface area contributed by atoms with Crippen molar-refractivity contribution in [1.82, 2.24) is 4.90 Å². The summed E-state index contributed by atoms with van der Waals surface area (Å²) in [4.78, 5) is 16.5. The molecule has 0 radical (unpaired) electrons. The lowest BCUT2D eigenvalue weighted by Gasteiger charge is -2.37. The molecule has 0 N–H and O–H groups in total. The lowest BCUT2D eigenvalue weighted by atomic mass is 9.92. The highest BCUT2D eigenvalue weighted by molar-refractivity contribution is 7.10. The van der Waals surface area contributed by atoms with Crippen molar-refractivity contribution in [3.8, 4) is 0 Å². The summed E-state index contributed by atoms with van der Waals surface area (Å²) in [6, 6.07) is 15.1. The van der Waals surface area contributed by atoms with E-state index in [-0.39, 0.29) is 11.9 Å². The number of fused-ring (bicyclic) bond motifs is 1. The maximum atomic E-state index is 13.3. The van der Waals surface area contributed by atoms with E-state index in [4.69, 9.17) is 23.2 Å². The summed E-state index contributed by atoms with van der Waals surface area (Å²) in [6.07, 6.45) is 0.867. The monoisotopic (exact) mass is 401 g/mol. The molecule has 1 atom stereocenters. The van der Waals surface area contributed by atoms with Crippen LogP contribution in [0.15, 0.2) is 53.9 Å². The van der Waals surface area contributed by atoms with Gasteiger partial charge in [-0.25, -0.2) is 0 Å². The summed E-state index contributed by atoms with van der Waals surface area (Å²) in [5.41, 5.74) is 3.91. The Labute approximate surface area is 167 Å². The molecule has 0 aliphatic carbocycles. The zero-order valence-electron chi connectivity index (χ0n) is 14.2. The molecule has 3 aromatic rings. The van der Waals surface area contributed by atoms with E-state index >= 15 is 0 Å². The molecule has 132 valence electrons. The Balaban J connectivity index is 1.80. The second-order valence-corrected chi connectivity index (χ2v) is 8.33. The molecule has 1 aliphatic rings. The van der Waals surface area contributed by atoms with Crippen LogP contribution in [0.4, 0.5) is 0 Å². The van der Waals surface area contributed by atoms with Crippen LogP contribution < -0.4 is 0 Å². The minimum absolute atomic E-state index is 0.0258. The van der Waals surface area contributed by atoms with Gasteiger partial charge in [0.15, 0.2) is 0 Å². The van der Waals surface area contributed by atoms with E-state index in [1.54, 1.807) is 17.4 Å². The fraction of sp³-hybridized carbons (Fsp3) is 0.190. The van der Waals surface area contributed by atoms with Crippen molar-refractivity contribution in [2.45, 2.75) is 19.4 Å². The number of halogens is 2. The van der Waals surface area contributed by atoms with E-state index in [0.717, 1.165) is 23.1 Å². The third-order valence-electron chi connectivity index (χ3n) is 4.78. The largest absolute Gasteiger partial charge is 0.327 e. The number of amides is 1. The Hall–Kier alpha value is -1.81. The lowest BCUT2D eigenvalue weighted by Crippen LogP contribution is -2.40. The minimum Gasteiger partial charge on any atom is -0.327 e. The molecule has 5 heteroatoms. The molecule has 0 spiro atoms. The van der Waals surface area contributed by atoms with Crippen molar-refractivity contribution >= 4 is 40.4 Å². The topological polar surface area (TPSA) is 20.3 Å². The maximum absolute atomic E-state index is 13.3. The summed E-state index contributed by atoms with van der Waals surface area (Å²) in [5.74, 6) is 0.0258. The molecule has 4 rings (SSSR count). The third-order valence-corrected chi connectivity index (χ3v) is 6.34. The molecule has 1 aromatic heterocycles. The van der Waals surface area contributed by atoms with Gasteiger partial charge in [-0.2, -0.15) is 0 Å². The molecule has 1 unspecified atom stereocenters. The molecule has 2 heterocycles. The molecule has 0 bridgehead atoms. The van der Waals surface area contributed by atoms with Crippen molar-refractivity contribution in [2.24, 2.45) is 0 Å². The number of benzene rings is 2. The van der Waals surface area contributed by atoms with Crippen LogP contribution >= 0.6 is 34.5 Å². The number of hydrogen-bond donors (Lipinski definition) is 0. The smallest absolute Gasteiger partial charge is 0.254 e. The van der Waals surface area contributed by atoms with Crippen molar-refractivity contribution in [3.05, 3.63) is 91.1 Å². The molecule has 2 aromatic carbocycles. The van der Waals surface area contributed by atoms with Crippen molar-refractivity contribution < 1.29 is 4.79 Å². The van der Waals surface area contributed by atoms with Gasteiger partial charge in [0.25, 0.3) is 5.91 Å². The van der Waals surface area contributed by atoms with Gasteiger partial charge in [0.2, 0.25) is 0 Å². The quantitative estimate of drug-likeness (QED) is 0.503. The Morgan fingerprint density at radius 3 is 2.58 bits per heavy atom. The highest BCUT2D eigenvalue weighted by Crippen LogP contribution is 2.41. The molecule has 0 saturated carbocycles. The van der Waals surface area contributed by atoms with Gasteiger partial charge >= 0.3 is 0 Å². The molecule has 1 aliphatic heterocycles. The predicted molar refractivity (Wildman–Crippen MR) is 109 cm³/mol. The lowest BCUT2D eigenvalue weighted by molar-refractivity contribution is 0.0696. The van der Waals surface area contributed by atoms with Crippen LogP contribution in [-0.2, 0) is 6.42 Å². The first-order valence-corrected chi connectivity index (χ1v) is 10.1. The van der Waals surface area contributed by atoms with Crippen LogP contribution in [0.25, 0.3) is 0 Å². The van der Waals surface area contributed by atoms with Crippen molar-refractivity contribution in [2.75, 3.05) is 6.54 Å². The maximum Gasteiger partial charge on any atom is 0.254 e. The summed E-state index contributed by atoms with van der Waals surface area (Å²) in [7, 11) is 0. The highest BCUT2D eigenvalue weighted by atomic mass is 35.5. The number of aryl methyl sites for hydroxylation is 1. The number of rotatable bonds is 2. The SMILES string of the molecule is Cc1ccc(C(=O)N2CCc3sccc3C2c2ccc(Cl)cc2Cl)cc1. The highest BCUT2D eigenvalue weighted by Gasteiger charge is 2.34. The fourth-order valence-electron chi connectivity index (χ4n) is 3.46. The van der Waals surface area contributed by atoms with Gasteiger partial charge in [0, 0.05) is 27.0 Å². The van der Waals surface area contributed by atoms with E-state index in [0.29, 0.717) is 22.2 Å². The van der Waals surface area contributed by atoms with Gasteiger partial charge in [-0.3, -0.25) is 4.79 Å². The van der Waals surface area contributed by atoms with Crippen LogP contribution in [0.1, 0.15) is 38.0 Å². The minimum atomic E-state index is -0.191. The second kappa shape index (κ2) is 7.07. The number of thiophene rings is 1. The van der Waals surface area contributed by atoms with Gasteiger partial charge in [0.05, 0.1) is 6.04 Å². The summed E-state index contributed by atoms with van der Waals surface area (Å²) in [6.45, 7) is 2.69. The summed E-state index contributed by atoms with van der Waals surface area (Å²) in [5, 5.41) is 3.27. The van der Waals surface area contributed by atoms with Gasteiger partial charge in [-0.1, -0.05) is 47.0 Å². The van der Waals surface area contributed by atoms with Crippen LogP contribution in [0.5, 0.6) is 0 Å². The van der Waals surface area contributed by atoms with E-state index < -0.39 is 0 Å². The zero-order valence-corrected chi connectivity index (χ0v) is 16.5. The van der Waals surface area contributed by atoms with Gasteiger partial charge in [-0.05, 0) is 60.2 Å². The van der Waals surface area contributed by atoms with Gasteiger partial charge < -0.3 is 4.90 Å². The molecule has 2 nitrogen and oxygen atoms in total. The summed E-state index contributed by atoms with van der Waals surface area (Å²) < 4.78 is 0. The van der Waals surface area contributed by atoms with Crippen LogP contribution in [0.2, 0.25) is 10.0 Å². The Bertz CT molecular complexity index is 964. The van der Waals surface area contributed by atoms with E-state index in [1.807, 2.05) is 48.2 Å². The number of hydrogen-bond acceptors (Lipinski definition) is 2. The second-order valence-electron chi connectivity index (χ2n) is 6.48. The van der Waals surface area contributed by atoms with Crippen LogP contribution in [-0.4, -0.2) is 17.4 Å². The predicted octanol–water partition coefficient (Wildman–Crippen LogP) is 6.15.